The number of aromatic nitrogens is 1. The second kappa shape index (κ2) is 5.51. The lowest BCUT2D eigenvalue weighted by Crippen LogP contribution is -2.08. The highest BCUT2D eigenvalue weighted by molar-refractivity contribution is 6.30. The smallest absolute Gasteiger partial charge is 0.357 e. The topological polar surface area (TPSA) is 65.2 Å². The van der Waals surface area contributed by atoms with Crippen LogP contribution in [0.5, 0.6) is 0 Å². The van der Waals surface area contributed by atoms with Gasteiger partial charge in [0.05, 0.1) is 0 Å². The first-order valence-corrected chi connectivity index (χ1v) is 5.67. The van der Waals surface area contributed by atoms with Crippen molar-refractivity contribution < 1.29 is 9.53 Å². The highest BCUT2D eigenvalue weighted by Crippen LogP contribution is 2.11. The minimum atomic E-state index is -0.503. The third-order valence-corrected chi connectivity index (χ3v) is 2.51. The van der Waals surface area contributed by atoms with Gasteiger partial charge in [0.15, 0.2) is 5.69 Å². The van der Waals surface area contributed by atoms with Crippen LogP contribution >= 0.6 is 11.6 Å². The number of carbonyl (C=O) groups excluding carboxylic acids is 1. The summed E-state index contributed by atoms with van der Waals surface area (Å²) in [5.74, 6) is -0.215. The van der Waals surface area contributed by atoms with E-state index < -0.39 is 5.97 Å². The van der Waals surface area contributed by atoms with Crippen molar-refractivity contribution in [2.24, 2.45) is 0 Å². The van der Waals surface area contributed by atoms with Crippen LogP contribution in [0.4, 0.5) is 5.82 Å². The minimum Gasteiger partial charge on any atom is -0.456 e. The van der Waals surface area contributed by atoms with Crippen LogP contribution < -0.4 is 5.73 Å². The van der Waals surface area contributed by atoms with Gasteiger partial charge in [-0.25, -0.2) is 9.78 Å². The third kappa shape index (κ3) is 3.21. The van der Waals surface area contributed by atoms with Gasteiger partial charge in [0.1, 0.15) is 12.4 Å². The van der Waals surface area contributed by atoms with Crippen LogP contribution in [-0.4, -0.2) is 11.0 Å². The van der Waals surface area contributed by atoms with Crippen LogP contribution in [0.25, 0.3) is 0 Å². The molecule has 0 bridgehead atoms. The largest absolute Gasteiger partial charge is 0.456 e. The molecule has 0 atom stereocenters. The molecule has 4 nitrogen and oxygen atoms in total. The molecule has 1 aromatic carbocycles. The molecule has 2 rings (SSSR count). The van der Waals surface area contributed by atoms with Gasteiger partial charge in [0.25, 0.3) is 0 Å². The molecule has 5 heteroatoms. The summed E-state index contributed by atoms with van der Waals surface area (Å²) >= 11 is 5.76. The molecule has 0 aliphatic rings. The van der Waals surface area contributed by atoms with E-state index in [0.717, 1.165) is 5.56 Å². The number of pyridine rings is 1. The van der Waals surface area contributed by atoms with Crippen LogP contribution in [-0.2, 0) is 11.3 Å². The number of hydrogen-bond donors (Lipinski definition) is 1. The molecule has 0 spiro atoms. The fourth-order valence-corrected chi connectivity index (χ4v) is 1.49. The number of carbonyl (C=O) groups is 1. The number of esters is 1. The van der Waals surface area contributed by atoms with Gasteiger partial charge in [0, 0.05) is 5.02 Å². The molecule has 0 aliphatic heterocycles. The molecule has 0 radical (unpaired) electrons. The number of halogens is 1. The summed E-state index contributed by atoms with van der Waals surface area (Å²) in [4.78, 5) is 15.6. The highest BCUT2D eigenvalue weighted by atomic mass is 35.5. The first-order chi connectivity index (χ1) is 8.65. The van der Waals surface area contributed by atoms with Crippen LogP contribution in [0.2, 0.25) is 5.02 Å². The second-order valence-electron chi connectivity index (χ2n) is 3.65. The van der Waals surface area contributed by atoms with Gasteiger partial charge < -0.3 is 10.5 Å². The van der Waals surface area contributed by atoms with Gasteiger partial charge >= 0.3 is 5.97 Å². The molecular formula is C13H11ClN2O2. The Morgan fingerprint density at radius 3 is 2.61 bits per heavy atom. The number of nitrogens with two attached hydrogens (primary N) is 1. The maximum atomic E-state index is 11.7. The molecule has 0 saturated carbocycles. The van der Waals surface area contributed by atoms with Crippen LogP contribution in [0.15, 0.2) is 42.5 Å². The zero-order valence-corrected chi connectivity index (χ0v) is 10.2. The summed E-state index contributed by atoms with van der Waals surface area (Å²) < 4.78 is 5.11. The first kappa shape index (κ1) is 12.4. The zero-order chi connectivity index (χ0) is 13.0. The molecule has 1 heterocycles. The van der Waals surface area contributed by atoms with E-state index in [-0.39, 0.29) is 18.1 Å². The van der Waals surface area contributed by atoms with E-state index >= 15 is 0 Å². The van der Waals surface area contributed by atoms with E-state index in [1.807, 2.05) is 0 Å². The van der Waals surface area contributed by atoms with Crippen molar-refractivity contribution in [3.8, 4) is 0 Å². The number of anilines is 1. The Balaban J connectivity index is 1.98. The minimum absolute atomic E-state index is 0.173. The van der Waals surface area contributed by atoms with Gasteiger partial charge in [-0.15, -0.1) is 0 Å². The van der Waals surface area contributed by atoms with Crippen molar-refractivity contribution in [1.29, 1.82) is 0 Å². The molecule has 1 aromatic heterocycles. The highest BCUT2D eigenvalue weighted by Gasteiger charge is 2.08. The summed E-state index contributed by atoms with van der Waals surface area (Å²) in [6.07, 6.45) is 0. The van der Waals surface area contributed by atoms with Gasteiger partial charge in [-0.3, -0.25) is 0 Å². The molecule has 0 amide bonds. The van der Waals surface area contributed by atoms with Crippen LogP contribution in [0.3, 0.4) is 0 Å². The normalized spacial score (nSPS) is 10.1. The van der Waals surface area contributed by atoms with Crippen LogP contribution in [0, 0.1) is 0 Å². The summed E-state index contributed by atoms with van der Waals surface area (Å²) in [5.41, 5.74) is 6.54. The van der Waals surface area contributed by atoms with E-state index in [4.69, 9.17) is 22.1 Å². The predicted molar refractivity (Wildman–Crippen MR) is 69.2 cm³/mol. The fourth-order valence-electron chi connectivity index (χ4n) is 1.37. The van der Waals surface area contributed by atoms with Crippen molar-refractivity contribution in [2.75, 3.05) is 5.73 Å². The van der Waals surface area contributed by atoms with E-state index in [9.17, 15) is 4.79 Å². The predicted octanol–water partition coefficient (Wildman–Crippen LogP) is 2.67. The summed E-state index contributed by atoms with van der Waals surface area (Å²) in [5, 5.41) is 0.641. The fraction of sp³-hybridized carbons (Fsp3) is 0.0769. The Morgan fingerprint density at radius 2 is 1.94 bits per heavy atom. The zero-order valence-electron chi connectivity index (χ0n) is 9.47. The molecule has 92 valence electrons. The molecule has 2 aromatic rings. The quantitative estimate of drug-likeness (QED) is 0.864. The molecule has 0 saturated heterocycles. The average molecular weight is 263 g/mol. The summed E-state index contributed by atoms with van der Waals surface area (Å²) in [7, 11) is 0. The maximum Gasteiger partial charge on any atom is 0.357 e. The maximum absolute atomic E-state index is 11.7. The lowest BCUT2D eigenvalue weighted by molar-refractivity contribution is 0.0466. The Kier molecular flexibility index (Phi) is 3.79. The number of nitrogens with zero attached hydrogens (tertiary/aromatic N) is 1. The lowest BCUT2D eigenvalue weighted by atomic mass is 10.2. The number of rotatable bonds is 3. The lowest BCUT2D eigenvalue weighted by Gasteiger charge is -2.04. The van der Waals surface area contributed by atoms with Crippen molar-refractivity contribution >= 4 is 23.4 Å². The Hall–Kier alpha value is -2.07. The number of ether oxygens (including phenoxy) is 1. The third-order valence-electron chi connectivity index (χ3n) is 2.26. The molecular weight excluding hydrogens is 252 g/mol. The van der Waals surface area contributed by atoms with Gasteiger partial charge in [0.2, 0.25) is 0 Å². The van der Waals surface area contributed by atoms with Crippen molar-refractivity contribution in [3.05, 3.63) is 58.7 Å². The second-order valence-corrected chi connectivity index (χ2v) is 4.09. The number of benzene rings is 1. The van der Waals surface area contributed by atoms with E-state index in [1.54, 1.807) is 42.5 Å². The standard InChI is InChI=1S/C13H11ClN2O2/c14-10-6-4-9(5-7-10)8-18-13(17)11-2-1-3-12(15)16-11/h1-7H,8H2,(H2,15,16). The number of hydrogen-bond acceptors (Lipinski definition) is 4. The Labute approximate surface area is 109 Å². The van der Waals surface area contributed by atoms with E-state index in [2.05, 4.69) is 4.98 Å². The molecule has 0 unspecified atom stereocenters. The Bertz CT molecular complexity index is 555. The van der Waals surface area contributed by atoms with Crippen LogP contribution in [0.1, 0.15) is 16.1 Å². The van der Waals surface area contributed by atoms with Gasteiger partial charge in [-0.1, -0.05) is 29.8 Å². The SMILES string of the molecule is Nc1cccc(C(=O)OCc2ccc(Cl)cc2)n1. The first-order valence-electron chi connectivity index (χ1n) is 5.29. The van der Waals surface area contributed by atoms with Crippen molar-refractivity contribution in [3.63, 3.8) is 0 Å². The Morgan fingerprint density at radius 1 is 1.22 bits per heavy atom. The molecule has 0 aliphatic carbocycles. The summed E-state index contributed by atoms with van der Waals surface area (Å²) in [6, 6.07) is 11.9. The van der Waals surface area contributed by atoms with Crippen molar-refractivity contribution in [1.82, 2.24) is 4.98 Å². The number of nitrogen functional groups attached to an aromatic ring is 1. The molecule has 2 N–H and O–H groups in total. The molecule has 18 heavy (non-hydrogen) atoms. The average Bonchev–Trinajstić information content (AvgIpc) is 2.38. The molecule has 0 fully saturated rings. The van der Waals surface area contributed by atoms with E-state index in [0.29, 0.717) is 5.02 Å². The monoisotopic (exact) mass is 262 g/mol. The van der Waals surface area contributed by atoms with Gasteiger partial charge in [-0.05, 0) is 29.8 Å². The van der Waals surface area contributed by atoms with Gasteiger partial charge in [-0.2, -0.15) is 0 Å². The van der Waals surface area contributed by atoms with Crippen molar-refractivity contribution in [2.45, 2.75) is 6.61 Å². The summed E-state index contributed by atoms with van der Waals surface area (Å²) in [6.45, 7) is 0.173. The van der Waals surface area contributed by atoms with E-state index in [1.165, 1.54) is 0 Å².